The van der Waals surface area contributed by atoms with E-state index in [9.17, 15) is 9.50 Å². The number of benzene rings is 2. The number of phenols is 1. The predicted octanol–water partition coefficient (Wildman–Crippen LogP) is 3.20. The SMILES string of the molecule is Oc1cc(-c2ccccc2)ccc1F. The molecule has 1 N–H and O–H groups in total. The van der Waals surface area contributed by atoms with Gasteiger partial charge in [0.15, 0.2) is 11.6 Å². The van der Waals surface area contributed by atoms with E-state index in [-0.39, 0.29) is 5.75 Å². The highest BCUT2D eigenvalue weighted by molar-refractivity contribution is 5.64. The van der Waals surface area contributed by atoms with Crippen LogP contribution in [0, 0.1) is 5.82 Å². The molecule has 0 aromatic heterocycles. The summed E-state index contributed by atoms with van der Waals surface area (Å²) in [6.07, 6.45) is 0. The van der Waals surface area contributed by atoms with Gasteiger partial charge in [0.2, 0.25) is 0 Å². The van der Waals surface area contributed by atoms with Crippen LogP contribution in [0.1, 0.15) is 0 Å². The van der Waals surface area contributed by atoms with Crippen LogP contribution in [-0.4, -0.2) is 5.11 Å². The second kappa shape index (κ2) is 3.50. The van der Waals surface area contributed by atoms with Crippen molar-refractivity contribution < 1.29 is 9.50 Å². The van der Waals surface area contributed by atoms with Gasteiger partial charge in [-0.25, -0.2) is 4.39 Å². The lowest BCUT2D eigenvalue weighted by atomic mass is 10.1. The van der Waals surface area contributed by atoms with Crippen LogP contribution < -0.4 is 0 Å². The minimum Gasteiger partial charge on any atom is -0.505 e. The second-order valence-electron chi connectivity index (χ2n) is 3.03. The molecule has 2 rings (SSSR count). The molecular weight excluding hydrogens is 179 g/mol. The van der Waals surface area contributed by atoms with Crippen molar-refractivity contribution in [2.45, 2.75) is 0 Å². The number of hydrogen-bond acceptors (Lipinski definition) is 1. The fourth-order valence-corrected chi connectivity index (χ4v) is 1.32. The van der Waals surface area contributed by atoms with Crippen molar-refractivity contribution in [3.05, 3.63) is 54.3 Å². The van der Waals surface area contributed by atoms with E-state index in [4.69, 9.17) is 0 Å². The van der Waals surface area contributed by atoms with Gasteiger partial charge in [-0.15, -0.1) is 0 Å². The molecule has 2 aromatic rings. The lowest BCUT2D eigenvalue weighted by molar-refractivity contribution is 0.433. The van der Waals surface area contributed by atoms with Crippen LogP contribution in [0.3, 0.4) is 0 Å². The molecule has 0 atom stereocenters. The van der Waals surface area contributed by atoms with Gasteiger partial charge in [-0.2, -0.15) is 0 Å². The van der Waals surface area contributed by atoms with Crippen molar-refractivity contribution >= 4 is 0 Å². The molecule has 0 radical (unpaired) electrons. The monoisotopic (exact) mass is 188 g/mol. The lowest BCUT2D eigenvalue weighted by Crippen LogP contribution is -1.79. The molecule has 0 unspecified atom stereocenters. The maximum absolute atomic E-state index is 12.8. The van der Waals surface area contributed by atoms with Gasteiger partial charge < -0.3 is 5.11 Å². The van der Waals surface area contributed by atoms with Gasteiger partial charge in [-0.05, 0) is 23.3 Å². The van der Waals surface area contributed by atoms with Crippen molar-refractivity contribution in [3.8, 4) is 16.9 Å². The summed E-state index contributed by atoms with van der Waals surface area (Å²) < 4.78 is 12.8. The Morgan fingerprint density at radius 1 is 0.857 bits per heavy atom. The summed E-state index contributed by atoms with van der Waals surface area (Å²) in [6, 6.07) is 13.9. The predicted molar refractivity (Wildman–Crippen MR) is 53.5 cm³/mol. The fraction of sp³-hybridized carbons (Fsp3) is 0. The summed E-state index contributed by atoms with van der Waals surface area (Å²) in [6.45, 7) is 0. The van der Waals surface area contributed by atoms with Crippen LogP contribution in [0.15, 0.2) is 48.5 Å². The first kappa shape index (κ1) is 8.75. The molecule has 0 fully saturated rings. The van der Waals surface area contributed by atoms with Crippen LogP contribution in [0.25, 0.3) is 11.1 Å². The third-order valence-corrected chi connectivity index (χ3v) is 2.05. The normalized spacial score (nSPS) is 10.1. The summed E-state index contributed by atoms with van der Waals surface area (Å²) in [7, 11) is 0. The highest BCUT2D eigenvalue weighted by Gasteiger charge is 2.02. The zero-order valence-corrected chi connectivity index (χ0v) is 7.44. The number of rotatable bonds is 1. The Kier molecular flexibility index (Phi) is 2.19. The summed E-state index contributed by atoms with van der Waals surface area (Å²) in [5.41, 5.74) is 1.77. The first-order chi connectivity index (χ1) is 6.77. The minimum atomic E-state index is -0.593. The smallest absolute Gasteiger partial charge is 0.164 e. The number of halogens is 1. The highest BCUT2D eigenvalue weighted by atomic mass is 19.1. The van der Waals surface area contributed by atoms with Crippen LogP contribution in [0.2, 0.25) is 0 Å². The first-order valence-electron chi connectivity index (χ1n) is 4.31. The summed E-state index contributed by atoms with van der Waals surface area (Å²) >= 11 is 0. The van der Waals surface area contributed by atoms with Gasteiger partial charge in [-0.1, -0.05) is 36.4 Å². The van der Waals surface area contributed by atoms with Crippen molar-refractivity contribution in [2.75, 3.05) is 0 Å². The molecule has 2 heteroatoms. The topological polar surface area (TPSA) is 20.2 Å². The highest BCUT2D eigenvalue weighted by Crippen LogP contribution is 2.24. The Morgan fingerprint density at radius 3 is 2.21 bits per heavy atom. The van der Waals surface area contributed by atoms with Gasteiger partial charge in [0, 0.05) is 0 Å². The molecule has 1 nitrogen and oxygen atoms in total. The zero-order chi connectivity index (χ0) is 9.97. The molecule has 14 heavy (non-hydrogen) atoms. The molecule has 0 bridgehead atoms. The number of phenolic OH excluding ortho intramolecular Hbond substituents is 1. The van der Waals surface area contributed by atoms with Crippen LogP contribution in [-0.2, 0) is 0 Å². The maximum Gasteiger partial charge on any atom is 0.164 e. The summed E-state index contributed by atoms with van der Waals surface area (Å²) in [5, 5.41) is 9.19. The first-order valence-corrected chi connectivity index (χ1v) is 4.31. The van der Waals surface area contributed by atoms with Gasteiger partial charge in [-0.3, -0.25) is 0 Å². The van der Waals surface area contributed by atoms with E-state index >= 15 is 0 Å². The van der Waals surface area contributed by atoms with Crippen LogP contribution >= 0.6 is 0 Å². The third-order valence-electron chi connectivity index (χ3n) is 2.05. The molecule has 0 amide bonds. The molecule has 0 spiro atoms. The van der Waals surface area contributed by atoms with Crippen LogP contribution in [0.4, 0.5) is 4.39 Å². The molecule has 0 aliphatic heterocycles. The van der Waals surface area contributed by atoms with E-state index in [2.05, 4.69) is 0 Å². The Hall–Kier alpha value is -1.83. The van der Waals surface area contributed by atoms with Gasteiger partial charge in [0.25, 0.3) is 0 Å². The summed E-state index contributed by atoms with van der Waals surface area (Å²) in [4.78, 5) is 0. The average Bonchev–Trinajstić information content (AvgIpc) is 2.23. The van der Waals surface area contributed by atoms with Gasteiger partial charge in [0.1, 0.15) is 0 Å². The maximum atomic E-state index is 12.8. The molecule has 0 saturated carbocycles. The summed E-state index contributed by atoms with van der Waals surface area (Å²) in [5.74, 6) is -0.906. The van der Waals surface area contributed by atoms with Gasteiger partial charge >= 0.3 is 0 Å². The van der Waals surface area contributed by atoms with E-state index in [0.29, 0.717) is 0 Å². The Balaban J connectivity index is 2.48. The van der Waals surface area contributed by atoms with E-state index in [1.54, 1.807) is 6.07 Å². The molecule has 70 valence electrons. The lowest BCUT2D eigenvalue weighted by Gasteiger charge is -2.02. The molecule has 0 heterocycles. The molecule has 0 aliphatic rings. The number of hydrogen-bond donors (Lipinski definition) is 1. The Morgan fingerprint density at radius 2 is 1.57 bits per heavy atom. The fourth-order valence-electron chi connectivity index (χ4n) is 1.32. The van der Waals surface area contributed by atoms with E-state index in [1.807, 2.05) is 30.3 Å². The number of aromatic hydroxyl groups is 1. The van der Waals surface area contributed by atoms with Crippen molar-refractivity contribution in [1.82, 2.24) is 0 Å². The average molecular weight is 188 g/mol. The van der Waals surface area contributed by atoms with E-state index in [1.165, 1.54) is 12.1 Å². The standard InChI is InChI=1S/C12H9FO/c13-11-7-6-10(8-12(11)14)9-4-2-1-3-5-9/h1-8,14H. The van der Waals surface area contributed by atoms with Crippen molar-refractivity contribution in [2.24, 2.45) is 0 Å². The molecule has 2 aromatic carbocycles. The van der Waals surface area contributed by atoms with Gasteiger partial charge in [0.05, 0.1) is 0 Å². The molecule has 0 aliphatic carbocycles. The molecule has 0 saturated heterocycles. The molecular formula is C12H9FO. The van der Waals surface area contributed by atoms with E-state index in [0.717, 1.165) is 11.1 Å². The Bertz CT molecular complexity index is 437. The largest absolute Gasteiger partial charge is 0.505 e. The van der Waals surface area contributed by atoms with Crippen molar-refractivity contribution in [3.63, 3.8) is 0 Å². The zero-order valence-electron chi connectivity index (χ0n) is 7.44. The van der Waals surface area contributed by atoms with E-state index < -0.39 is 5.82 Å². The quantitative estimate of drug-likeness (QED) is 0.728. The third kappa shape index (κ3) is 1.59. The second-order valence-corrected chi connectivity index (χ2v) is 3.03. The van der Waals surface area contributed by atoms with Crippen LogP contribution in [0.5, 0.6) is 5.75 Å². The minimum absolute atomic E-state index is 0.314. The Labute approximate surface area is 81.4 Å². The van der Waals surface area contributed by atoms with Crippen molar-refractivity contribution in [1.29, 1.82) is 0 Å².